The lowest BCUT2D eigenvalue weighted by Crippen LogP contribution is -2.66. The van der Waals surface area contributed by atoms with Crippen molar-refractivity contribution in [1.82, 2.24) is 15.0 Å². The molecule has 3 aromatic heterocycles. The molecule has 0 spiro atoms. The van der Waals surface area contributed by atoms with Gasteiger partial charge in [-0.1, -0.05) is 214 Å². The van der Waals surface area contributed by atoms with Crippen molar-refractivity contribution in [2.24, 2.45) is 0 Å². The van der Waals surface area contributed by atoms with Crippen LogP contribution in [0.2, 0.25) is 0 Å². The van der Waals surface area contributed by atoms with Crippen LogP contribution in [0.15, 0.2) is 291 Å². The zero-order chi connectivity index (χ0) is 66.8. The van der Waals surface area contributed by atoms with Crippen LogP contribution in [0.5, 0.6) is 0 Å². The predicted molar refractivity (Wildman–Crippen MR) is 413 cm³/mol. The van der Waals surface area contributed by atoms with Crippen molar-refractivity contribution in [3.63, 3.8) is 0 Å². The monoisotopic (exact) mass is 1270 g/mol. The molecule has 17 rings (SSSR count). The lowest BCUT2D eigenvalue weighted by Gasteiger charge is -2.46. The second kappa shape index (κ2) is 23.2. The van der Waals surface area contributed by atoms with Gasteiger partial charge >= 0.3 is 0 Å². The number of fused-ring (bicyclic) bond motifs is 8. The third-order valence-corrected chi connectivity index (χ3v) is 20.1. The summed E-state index contributed by atoms with van der Waals surface area (Å²) in [6.07, 6.45) is 4.04. The van der Waals surface area contributed by atoms with E-state index >= 15 is 0 Å². The van der Waals surface area contributed by atoms with Crippen molar-refractivity contribution >= 4 is 149 Å². The third kappa shape index (κ3) is 10.0. The van der Waals surface area contributed by atoms with Crippen LogP contribution >= 0.6 is 0 Å². The Bertz CT molecular complexity index is 5130. The second-order valence-electron chi connectivity index (χ2n) is 29.4. The normalized spacial score (nSPS) is 13.4. The molecule has 13 aromatic rings. The summed E-state index contributed by atoms with van der Waals surface area (Å²) in [7, 11) is 0. The Hall–Kier alpha value is -11.4. The Morgan fingerprint density at radius 1 is 0.286 bits per heavy atom. The Kier molecular flexibility index (Phi) is 14.2. The quantitative estimate of drug-likeness (QED) is 0.125. The number of anilines is 18. The molecule has 0 unspecified atom stereocenters. The van der Waals surface area contributed by atoms with Crippen molar-refractivity contribution in [2.45, 2.75) is 78.6 Å². The van der Waals surface area contributed by atoms with Crippen LogP contribution < -0.4 is 62.2 Å². The minimum absolute atomic E-state index is 0.0344. The molecule has 0 amide bonds. The number of para-hydroxylation sites is 6. The summed E-state index contributed by atoms with van der Waals surface area (Å²) in [6.45, 7) is 19.9. The highest BCUT2D eigenvalue weighted by molar-refractivity contribution is 7.03. The van der Waals surface area contributed by atoms with Gasteiger partial charge in [0.15, 0.2) is 0 Å². The SMILES string of the molecule is CC(C)(C)c1ccc(N(c2ccccc2)c2cc3c4c(c2)N(c2ccccc2)c2nc5c(cc2B4c2ccccc2N3c2ccc(C(C)(C)C)cc2)B2c3cnccc3N(c3ccc(C(C)(C)C)cc3)c3cc(N(c4ccccc4)c4ccccc4)nc(c32)N5c2ccccc2)cc1. The largest absolute Gasteiger partial charge is 0.311 e. The number of benzene rings is 10. The van der Waals surface area contributed by atoms with E-state index in [1.54, 1.807) is 0 Å². The molecule has 0 N–H and O–H groups in total. The van der Waals surface area contributed by atoms with Gasteiger partial charge in [-0.05, 0) is 187 Å². The Balaban J connectivity index is 0.981. The van der Waals surface area contributed by atoms with Gasteiger partial charge in [0.05, 0.1) is 5.69 Å². The van der Waals surface area contributed by atoms with E-state index in [9.17, 15) is 0 Å². The second-order valence-corrected chi connectivity index (χ2v) is 29.4. The number of rotatable bonds is 10. The molecule has 10 aromatic carbocycles. The molecule has 0 atom stereocenters. The van der Waals surface area contributed by atoms with Crippen LogP contribution in [0.4, 0.5) is 103 Å². The van der Waals surface area contributed by atoms with Crippen LogP contribution in [0.25, 0.3) is 0 Å². The summed E-state index contributed by atoms with van der Waals surface area (Å²) >= 11 is 0. The highest BCUT2D eigenvalue weighted by Gasteiger charge is 2.50. The fraction of sp³-hybridized carbons (Fsp3) is 0.138. The van der Waals surface area contributed by atoms with E-state index in [0.717, 1.165) is 125 Å². The first kappa shape index (κ1) is 60.3. The maximum absolute atomic E-state index is 6.39. The molecule has 7 heterocycles. The van der Waals surface area contributed by atoms with Crippen LogP contribution in [0.1, 0.15) is 79.0 Å². The molecule has 0 bridgehead atoms. The summed E-state index contributed by atoms with van der Waals surface area (Å²) in [5, 5.41) is 0. The van der Waals surface area contributed by atoms with E-state index in [2.05, 4.69) is 377 Å². The molecule has 98 heavy (non-hydrogen) atoms. The number of hydrogen-bond acceptors (Lipinski definition) is 9. The van der Waals surface area contributed by atoms with Gasteiger partial charge in [-0.3, -0.25) is 19.7 Å². The van der Waals surface area contributed by atoms with E-state index in [0.29, 0.717) is 0 Å². The van der Waals surface area contributed by atoms with Crippen LogP contribution in [0.3, 0.4) is 0 Å². The number of nitrogens with zero attached hydrogens (tertiary/aromatic N) is 9. The molecule has 474 valence electrons. The van der Waals surface area contributed by atoms with Gasteiger partial charge in [-0.15, -0.1) is 0 Å². The van der Waals surface area contributed by atoms with Gasteiger partial charge in [0.1, 0.15) is 23.3 Å². The summed E-state index contributed by atoms with van der Waals surface area (Å²) in [6, 6.07) is 102. The molecule has 9 nitrogen and oxygen atoms in total. The molecular formula is C87H75B2N9. The summed E-state index contributed by atoms with van der Waals surface area (Å²) < 4.78 is 0. The highest BCUT2D eigenvalue weighted by atomic mass is 15.3. The first-order valence-corrected chi connectivity index (χ1v) is 34.2. The molecule has 11 heteroatoms. The van der Waals surface area contributed by atoms with E-state index < -0.39 is 0 Å². The summed E-state index contributed by atoms with van der Waals surface area (Å²) in [5.74, 6) is 3.18. The van der Waals surface area contributed by atoms with Gasteiger partial charge < -0.3 is 14.7 Å². The van der Waals surface area contributed by atoms with Crippen LogP contribution in [-0.2, 0) is 16.2 Å². The zero-order valence-corrected chi connectivity index (χ0v) is 56.9. The Morgan fingerprint density at radius 3 is 1.20 bits per heavy atom. The predicted octanol–water partition coefficient (Wildman–Crippen LogP) is 18.9. The van der Waals surface area contributed by atoms with E-state index in [1.165, 1.54) is 27.6 Å². The number of aromatic nitrogens is 3. The average molecular weight is 1270 g/mol. The highest BCUT2D eigenvalue weighted by Crippen LogP contribution is 2.51. The van der Waals surface area contributed by atoms with Crippen LogP contribution in [0, 0.1) is 0 Å². The first-order valence-electron chi connectivity index (χ1n) is 34.2. The summed E-state index contributed by atoms with van der Waals surface area (Å²) in [5.41, 5.74) is 24.9. The molecule has 4 aliphatic rings. The molecule has 4 aliphatic heterocycles. The molecule has 0 saturated carbocycles. The lowest BCUT2D eigenvalue weighted by atomic mass is 9.31. The van der Waals surface area contributed by atoms with E-state index in [4.69, 9.17) is 15.0 Å². The van der Waals surface area contributed by atoms with Crippen LogP contribution in [-0.4, -0.2) is 28.4 Å². The minimum Gasteiger partial charge on any atom is -0.311 e. The lowest BCUT2D eigenvalue weighted by molar-refractivity contribution is 0.590. The standard InChI is InChI=1S/C87H75B2N9/c1-85(2,3)58-39-45-66(46-40-58)93(61-27-15-10-16-28-61)69-53-76-80-77(54-69)97(64-33-21-13-22-34-64)82-71(88(80)70-37-25-26-38-74(70)95(76)67-47-41-59(42-48-67)86(4,5)6)55-72-83(92-82)98(65-35-23-14-24-36-65)84-81-78(56-79(91-84)94(62-29-17-11-18-30-62)63-31-19-12-20-32-63)96(75-51-52-90-57-73(75)89(72)81)68-49-43-60(44-50-68)87(7,8)9/h10-57H,1-9H3. The third-order valence-electron chi connectivity index (χ3n) is 20.1. The Morgan fingerprint density at radius 2 is 0.684 bits per heavy atom. The van der Waals surface area contributed by atoms with Crippen molar-refractivity contribution in [2.75, 3.05) is 29.4 Å². The molecule has 0 fully saturated rings. The minimum atomic E-state index is -0.362. The Labute approximate surface area is 576 Å². The smallest absolute Gasteiger partial charge is 0.258 e. The van der Waals surface area contributed by atoms with E-state index in [1.807, 2.05) is 6.20 Å². The van der Waals surface area contributed by atoms with Crippen molar-refractivity contribution < 1.29 is 0 Å². The average Bonchev–Trinajstić information content (AvgIpc) is 0.685. The maximum Gasteiger partial charge on any atom is 0.258 e. The molecular weight excluding hydrogens is 1190 g/mol. The maximum atomic E-state index is 6.39. The van der Waals surface area contributed by atoms with Gasteiger partial charge in [0.2, 0.25) is 0 Å². The van der Waals surface area contributed by atoms with Gasteiger partial charge in [-0.25, -0.2) is 9.97 Å². The van der Waals surface area contributed by atoms with Crippen molar-refractivity contribution in [3.8, 4) is 0 Å². The molecule has 0 saturated heterocycles. The first-order chi connectivity index (χ1) is 47.5. The summed E-state index contributed by atoms with van der Waals surface area (Å²) in [4.78, 5) is 32.0. The molecule has 0 aliphatic carbocycles. The fourth-order valence-corrected chi connectivity index (χ4v) is 15.3. The number of hydrogen-bond donors (Lipinski definition) is 0. The topological polar surface area (TPSA) is 58.1 Å². The fourth-order valence-electron chi connectivity index (χ4n) is 15.3. The van der Waals surface area contributed by atoms with E-state index in [-0.39, 0.29) is 29.7 Å². The van der Waals surface area contributed by atoms with Gasteiger partial charge in [-0.2, -0.15) is 0 Å². The van der Waals surface area contributed by atoms with Crippen molar-refractivity contribution in [3.05, 3.63) is 308 Å². The number of pyridine rings is 3. The molecule has 0 radical (unpaired) electrons. The van der Waals surface area contributed by atoms with Crippen molar-refractivity contribution in [1.29, 1.82) is 0 Å². The van der Waals surface area contributed by atoms with Gasteiger partial charge in [0, 0.05) is 92.4 Å². The zero-order valence-electron chi connectivity index (χ0n) is 56.9. The van der Waals surface area contributed by atoms with Gasteiger partial charge in [0.25, 0.3) is 13.4 Å².